The number of sulfonamides is 1. The number of nitrogens with zero attached hydrogens (tertiary/aromatic N) is 2. The lowest BCUT2D eigenvalue weighted by Gasteiger charge is -2.32. The lowest BCUT2D eigenvalue weighted by atomic mass is 10.1. The largest absolute Gasteiger partial charge is 0.355 e. The maximum atomic E-state index is 13.7. The first-order valence-corrected chi connectivity index (χ1v) is 13.5. The summed E-state index contributed by atoms with van der Waals surface area (Å²) in [6.07, 6.45) is 0. The van der Waals surface area contributed by atoms with Gasteiger partial charge in [0.1, 0.15) is 18.4 Å². The number of nitrogens with one attached hydrogen (secondary N) is 1. The van der Waals surface area contributed by atoms with Crippen molar-refractivity contribution in [2.75, 3.05) is 17.4 Å². The third kappa shape index (κ3) is 7.08. The predicted octanol–water partition coefficient (Wildman–Crippen LogP) is 4.54. The number of anilines is 1. The van der Waals surface area contributed by atoms with Crippen LogP contribution in [0.1, 0.15) is 25.0 Å². The van der Waals surface area contributed by atoms with E-state index in [-0.39, 0.29) is 17.3 Å². The van der Waals surface area contributed by atoms with Gasteiger partial charge >= 0.3 is 0 Å². The number of benzene rings is 3. The van der Waals surface area contributed by atoms with Crippen molar-refractivity contribution in [1.82, 2.24) is 10.2 Å². The summed E-state index contributed by atoms with van der Waals surface area (Å²) in [6.45, 7) is 4.93. The van der Waals surface area contributed by atoms with E-state index in [0.717, 1.165) is 9.87 Å². The van der Waals surface area contributed by atoms with Crippen LogP contribution in [0.4, 0.5) is 10.1 Å². The molecule has 0 heterocycles. The molecule has 0 aliphatic carbocycles. The van der Waals surface area contributed by atoms with Crippen molar-refractivity contribution in [3.8, 4) is 0 Å². The zero-order chi connectivity index (χ0) is 27.2. The summed E-state index contributed by atoms with van der Waals surface area (Å²) in [5, 5.41) is 3.07. The Hall–Kier alpha value is -3.43. The van der Waals surface area contributed by atoms with Crippen LogP contribution in [0.2, 0.25) is 5.02 Å². The molecule has 0 fully saturated rings. The molecule has 7 nitrogen and oxygen atoms in total. The van der Waals surface area contributed by atoms with Crippen LogP contribution in [-0.4, -0.2) is 44.3 Å². The molecule has 3 aromatic carbocycles. The molecule has 0 radical (unpaired) electrons. The molecule has 0 saturated heterocycles. The second-order valence-electron chi connectivity index (χ2n) is 8.52. The van der Waals surface area contributed by atoms with Crippen LogP contribution in [0.15, 0.2) is 77.7 Å². The molecule has 3 aromatic rings. The van der Waals surface area contributed by atoms with Crippen LogP contribution >= 0.6 is 11.6 Å². The quantitative estimate of drug-likeness (QED) is 0.405. The van der Waals surface area contributed by atoms with Gasteiger partial charge in [0.05, 0.1) is 10.6 Å². The van der Waals surface area contributed by atoms with Crippen LogP contribution in [0.5, 0.6) is 0 Å². The molecule has 2 amide bonds. The average molecular weight is 546 g/mol. The van der Waals surface area contributed by atoms with Crippen LogP contribution in [0, 0.1) is 12.7 Å². The third-order valence-corrected chi connectivity index (χ3v) is 7.79. The molecule has 0 saturated carbocycles. The van der Waals surface area contributed by atoms with E-state index in [0.29, 0.717) is 22.8 Å². The lowest BCUT2D eigenvalue weighted by Crippen LogP contribution is -2.51. The van der Waals surface area contributed by atoms with Crippen molar-refractivity contribution in [3.63, 3.8) is 0 Å². The smallest absolute Gasteiger partial charge is 0.264 e. The van der Waals surface area contributed by atoms with Gasteiger partial charge in [0.25, 0.3) is 10.0 Å². The van der Waals surface area contributed by atoms with Crippen molar-refractivity contribution in [1.29, 1.82) is 0 Å². The number of halogens is 2. The number of likely N-dealkylation sites (N-methyl/N-ethyl adjacent to an activating group) is 1. The number of hydrogen-bond donors (Lipinski definition) is 1. The summed E-state index contributed by atoms with van der Waals surface area (Å²) in [4.78, 5) is 27.6. The molecule has 1 atom stereocenters. The van der Waals surface area contributed by atoms with E-state index >= 15 is 0 Å². The minimum atomic E-state index is -4.17. The highest BCUT2D eigenvalue weighted by atomic mass is 35.5. The van der Waals surface area contributed by atoms with Crippen molar-refractivity contribution >= 4 is 39.1 Å². The number of amides is 2. The first-order chi connectivity index (χ1) is 17.5. The van der Waals surface area contributed by atoms with Gasteiger partial charge in [-0.2, -0.15) is 0 Å². The Kier molecular flexibility index (Phi) is 9.29. The summed E-state index contributed by atoms with van der Waals surface area (Å²) in [5.41, 5.74) is 1.70. The summed E-state index contributed by atoms with van der Waals surface area (Å²) >= 11 is 5.95. The maximum Gasteiger partial charge on any atom is 0.264 e. The number of hydrogen-bond acceptors (Lipinski definition) is 4. The third-order valence-electron chi connectivity index (χ3n) is 5.75. The minimum Gasteiger partial charge on any atom is -0.355 e. The molecular weight excluding hydrogens is 517 g/mol. The van der Waals surface area contributed by atoms with E-state index in [1.807, 2.05) is 13.0 Å². The van der Waals surface area contributed by atoms with E-state index in [4.69, 9.17) is 11.6 Å². The van der Waals surface area contributed by atoms with E-state index in [9.17, 15) is 22.4 Å². The van der Waals surface area contributed by atoms with Gasteiger partial charge in [0, 0.05) is 18.1 Å². The molecule has 37 heavy (non-hydrogen) atoms. The maximum absolute atomic E-state index is 13.7. The Balaban J connectivity index is 2.02. The van der Waals surface area contributed by atoms with E-state index in [1.165, 1.54) is 53.4 Å². The summed E-state index contributed by atoms with van der Waals surface area (Å²) < 4.78 is 41.9. The Labute approximate surface area is 221 Å². The predicted molar refractivity (Wildman–Crippen MR) is 142 cm³/mol. The lowest BCUT2D eigenvalue weighted by molar-refractivity contribution is -0.139. The highest BCUT2D eigenvalue weighted by Gasteiger charge is 2.32. The monoisotopic (exact) mass is 545 g/mol. The van der Waals surface area contributed by atoms with Crippen LogP contribution < -0.4 is 9.62 Å². The first-order valence-electron chi connectivity index (χ1n) is 11.7. The molecule has 0 unspecified atom stereocenters. The second-order valence-corrected chi connectivity index (χ2v) is 10.8. The SMILES string of the molecule is CCNC(=O)[C@H](C)N(Cc1ccc(F)cc1)C(=O)CN(c1cccc(C)c1)S(=O)(=O)c1ccc(Cl)cc1. The van der Waals surface area contributed by atoms with E-state index in [2.05, 4.69) is 5.32 Å². The molecule has 3 rings (SSSR count). The van der Waals surface area contributed by atoms with Crippen molar-refractivity contribution in [3.05, 3.63) is 94.8 Å². The molecule has 0 bridgehead atoms. The zero-order valence-electron chi connectivity index (χ0n) is 20.8. The fourth-order valence-electron chi connectivity index (χ4n) is 3.74. The number of carbonyl (C=O) groups is 2. The number of rotatable bonds is 10. The Morgan fingerprint density at radius 2 is 1.68 bits per heavy atom. The van der Waals surface area contributed by atoms with Gasteiger partial charge in [-0.25, -0.2) is 12.8 Å². The summed E-state index contributed by atoms with van der Waals surface area (Å²) in [6, 6.07) is 17.1. The van der Waals surface area contributed by atoms with Gasteiger partial charge in [-0.1, -0.05) is 35.9 Å². The molecule has 0 spiro atoms. The zero-order valence-corrected chi connectivity index (χ0v) is 22.4. The molecular formula is C27H29ClFN3O4S. The Morgan fingerprint density at radius 1 is 1.03 bits per heavy atom. The number of carbonyl (C=O) groups excluding carboxylic acids is 2. The summed E-state index contributed by atoms with van der Waals surface area (Å²) in [5.74, 6) is -1.42. The standard InChI is InChI=1S/C27H29ClFN3O4S/c1-4-30-27(34)20(3)31(17-21-8-12-23(29)13-9-21)26(33)18-32(24-7-5-6-19(2)16-24)37(35,36)25-14-10-22(28)11-15-25/h5-16,20H,4,17-18H2,1-3H3,(H,30,34)/t20-/m0/s1. The van der Waals surface area contributed by atoms with Gasteiger partial charge in [-0.05, 0) is 80.4 Å². The van der Waals surface area contributed by atoms with Crippen molar-refractivity contribution in [2.24, 2.45) is 0 Å². The Bertz CT molecular complexity index is 1350. The Morgan fingerprint density at radius 3 is 2.27 bits per heavy atom. The van der Waals surface area contributed by atoms with Crippen molar-refractivity contribution < 1.29 is 22.4 Å². The van der Waals surface area contributed by atoms with Crippen LogP contribution in [-0.2, 0) is 26.2 Å². The normalized spacial score (nSPS) is 12.0. The topological polar surface area (TPSA) is 86.8 Å². The average Bonchev–Trinajstić information content (AvgIpc) is 2.86. The molecule has 196 valence electrons. The molecule has 0 aliphatic rings. The number of aryl methyl sites for hydroxylation is 1. The first kappa shape index (κ1) is 28.1. The molecule has 10 heteroatoms. The van der Waals surface area contributed by atoms with E-state index < -0.39 is 34.3 Å². The van der Waals surface area contributed by atoms with Gasteiger partial charge in [-0.15, -0.1) is 0 Å². The second kappa shape index (κ2) is 12.2. The fraction of sp³-hybridized carbons (Fsp3) is 0.259. The molecule has 1 N–H and O–H groups in total. The van der Waals surface area contributed by atoms with Gasteiger partial charge in [-0.3, -0.25) is 13.9 Å². The van der Waals surface area contributed by atoms with Crippen LogP contribution in [0.25, 0.3) is 0 Å². The van der Waals surface area contributed by atoms with Crippen LogP contribution in [0.3, 0.4) is 0 Å². The van der Waals surface area contributed by atoms with E-state index in [1.54, 1.807) is 32.0 Å². The molecule has 0 aliphatic heterocycles. The molecule has 0 aromatic heterocycles. The van der Waals surface area contributed by atoms with Crippen molar-refractivity contribution in [2.45, 2.75) is 38.3 Å². The van der Waals surface area contributed by atoms with Gasteiger partial charge < -0.3 is 10.2 Å². The van der Waals surface area contributed by atoms with Gasteiger partial charge in [0.2, 0.25) is 11.8 Å². The highest BCUT2D eigenvalue weighted by Crippen LogP contribution is 2.26. The fourth-order valence-corrected chi connectivity index (χ4v) is 5.27. The van der Waals surface area contributed by atoms with Gasteiger partial charge in [0.15, 0.2) is 0 Å². The summed E-state index contributed by atoms with van der Waals surface area (Å²) in [7, 11) is -4.17. The minimum absolute atomic E-state index is 0.0138. The highest BCUT2D eigenvalue weighted by molar-refractivity contribution is 7.92.